The smallest absolute Gasteiger partial charge is 0.0335 e. The Morgan fingerprint density at radius 1 is 1.22 bits per heavy atom. The predicted molar refractivity (Wildman–Crippen MR) is 77.7 cm³/mol. The minimum atomic E-state index is 0.312. The summed E-state index contributed by atoms with van der Waals surface area (Å²) in [5, 5.41) is 0. The molecular formula is C15H31N3. The SMILES string of the molecule is CCC1CCC(CN)(N2CCN(C)CC2C)CC1. The van der Waals surface area contributed by atoms with Crippen LogP contribution in [0.2, 0.25) is 0 Å². The van der Waals surface area contributed by atoms with Crippen LogP contribution in [0.15, 0.2) is 0 Å². The van der Waals surface area contributed by atoms with E-state index in [0.29, 0.717) is 11.6 Å². The van der Waals surface area contributed by atoms with Gasteiger partial charge in [-0.1, -0.05) is 13.3 Å². The molecule has 1 saturated heterocycles. The molecule has 1 unspecified atom stereocenters. The standard InChI is InChI=1S/C15H31N3/c1-4-14-5-7-15(12-16,8-6-14)18-10-9-17(3)11-13(18)2/h13-14H,4-12,16H2,1-3H3. The van der Waals surface area contributed by atoms with Crippen molar-refractivity contribution in [3.63, 3.8) is 0 Å². The molecule has 0 spiro atoms. The third kappa shape index (κ3) is 2.73. The van der Waals surface area contributed by atoms with Gasteiger partial charge in [-0.3, -0.25) is 4.90 Å². The van der Waals surface area contributed by atoms with Gasteiger partial charge in [-0.15, -0.1) is 0 Å². The summed E-state index contributed by atoms with van der Waals surface area (Å²) in [5.74, 6) is 0.951. The maximum absolute atomic E-state index is 6.20. The zero-order valence-corrected chi connectivity index (χ0v) is 12.5. The molecule has 1 heterocycles. The number of piperazine rings is 1. The summed E-state index contributed by atoms with van der Waals surface area (Å²) in [4.78, 5) is 5.18. The van der Waals surface area contributed by atoms with Gasteiger partial charge < -0.3 is 10.6 Å². The van der Waals surface area contributed by atoms with Gasteiger partial charge in [0, 0.05) is 37.8 Å². The lowest BCUT2D eigenvalue weighted by Crippen LogP contribution is -2.64. The van der Waals surface area contributed by atoms with E-state index in [1.54, 1.807) is 0 Å². The Morgan fingerprint density at radius 3 is 2.39 bits per heavy atom. The predicted octanol–water partition coefficient (Wildman–Crippen LogP) is 1.92. The first kappa shape index (κ1) is 14.3. The van der Waals surface area contributed by atoms with E-state index in [1.165, 1.54) is 51.7 Å². The third-order valence-electron chi connectivity index (χ3n) is 5.43. The Balaban J connectivity index is 2.04. The highest BCUT2D eigenvalue weighted by Crippen LogP contribution is 2.38. The van der Waals surface area contributed by atoms with Crippen LogP contribution in [0.4, 0.5) is 0 Å². The van der Waals surface area contributed by atoms with Gasteiger partial charge in [-0.05, 0) is 45.6 Å². The fourth-order valence-electron chi connectivity index (χ4n) is 4.08. The van der Waals surface area contributed by atoms with Crippen molar-refractivity contribution in [2.45, 2.75) is 57.5 Å². The molecule has 3 heteroatoms. The number of likely N-dealkylation sites (N-methyl/N-ethyl adjacent to an activating group) is 1. The highest BCUT2D eigenvalue weighted by molar-refractivity contribution is 4.99. The van der Waals surface area contributed by atoms with Crippen LogP contribution in [-0.2, 0) is 0 Å². The topological polar surface area (TPSA) is 32.5 Å². The second-order valence-corrected chi connectivity index (χ2v) is 6.58. The summed E-state index contributed by atoms with van der Waals surface area (Å²) < 4.78 is 0. The summed E-state index contributed by atoms with van der Waals surface area (Å²) in [7, 11) is 2.23. The van der Waals surface area contributed by atoms with Crippen molar-refractivity contribution in [1.82, 2.24) is 9.80 Å². The van der Waals surface area contributed by atoms with Crippen LogP contribution in [0.3, 0.4) is 0 Å². The first-order valence-electron chi connectivity index (χ1n) is 7.76. The van der Waals surface area contributed by atoms with E-state index < -0.39 is 0 Å². The van der Waals surface area contributed by atoms with Crippen molar-refractivity contribution in [3.8, 4) is 0 Å². The molecule has 1 aliphatic heterocycles. The zero-order valence-electron chi connectivity index (χ0n) is 12.5. The maximum atomic E-state index is 6.20. The average molecular weight is 253 g/mol. The number of nitrogens with two attached hydrogens (primary N) is 1. The lowest BCUT2D eigenvalue weighted by Gasteiger charge is -2.53. The lowest BCUT2D eigenvalue weighted by atomic mass is 9.74. The van der Waals surface area contributed by atoms with Crippen LogP contribution in [0.5, 0.6) is 0 Å². The van der Waals surface area contributed by atoms with Crippen molar-refractivity contribution >= 4 is 0 Å². The van der Waals surface area contributed by atoms with Crippen LogP contribution in [0, 0.1) is 5.92 Å². The Kier molecular flexibility index (Phi) is 4.68. The molecule has 3 nitrogen and oxygen atoms in total. The Bertz CT molecular complexity index is 258. The second kappa shape index (κ2) is 5.89. The average Bonchev–Trinajstić information content (AvgIpc) is 2.39. The summed E-state index contributed by atoms with van der Waals surface area (Å²) in [5.41, 5.74) is 6.51. The molecule has 1 atom stereocenters. The van der Waals surface area contributed by atoms with Gasteiger partial charge in [0.15, 0.2) is 0 Å². The molecule has 106 valence electrons. The van der Waals surface area contributed by atoms with E-state index in [2.05, 4.69) is 30.7 Å². The molecule has 0 aromatic heterocycles. The van der Waals surface area contributed by atoms with E-state index in [0.717, 1.165) is 12.5 Å². The fraction of sp³-hybridized carbons (Fsp3) is 1.00. The van der Waals surface area contributed by atoms with Crippen LogP contribution in [-0.4, -0.2) is 54.6 Å². The minimum Gasteiger partial charge on any atom is -0.329 e. The highest BCUT2D eigenvalue weighted by Gasteiger charge is 2.42. The van der Waals surface area contributed by atoms with E-state index in [1.807, 2.05) is 0 Å². The van der Waals surface area contributed by atoms with Gasteiger partial charge in [0.2, 0.25) is 0 Å². The van der Waals surface area contributed by atoms with E-state index in [9.17, 15) is 0 Å². The molecule has 0 amide bonds. The monoisotopic (exact) mass is 253 g/mol. The molecule has 2 N–H and O–H groups in total. The van der Waals surface area contributed by atoms with E-state index >= 15 is 0 Å². The number of hydrogen-bond donors (Lipinski definition) is 1. The molecular weight excluding hydrogens is 222 g/mol. The Hall–Kier alpha value is -0.120. The Morgan fingerprint density at radius 2 is 1.89 bits per heavy atom. The molecule has 2 fully saturated rings. The van der Waals surface area contributed by atoms with Crippen LogP contribution < -0.4 is 5.73 Å². The molecule has 1 saturated carbocycles. The number of nitrogens with zero attached hydrogens (tertiary/aromatic N) is 2. The molecule has 2 rings (SSSR count). The first-order chi connectivity index (χ1) is 8.61. The van der Waals surface area contributed by atoms with E-state index in [4.69, 9.17) is 5.73 Å². The minimum absolute atomic E-state index is 0.312. The maximum Gasteiger partial charge on any atom is 0.0335 e. The van der Waals surface area contributed by atoms with Crippen LogP contribution >= 0.6 is 0 Å². The summed E-state index contributed by atoms with van der Waals surface area (Å²) in [6.07, 6.45) is 6.74. The van der Waals surface area contributed by atoms with Crippen molar-refractivity contribution in [2.24, 2.45) is 11.7 Å². The quantitative estimate of drug-likeness (QED) is 0.834. The molecule has 0 aromatic rings. The zero-order chi connectivity index (χ0) is 13.2. The third-order valence-corrected chi connectivity index (χ3v) is 5.43. The van der Waals surface area contributed by atoms with Gasteiger partial charge in [0.25, 0.3) is 0 Å². The van der Waals surface area contributed by atoms with E-state index in [-0.39, 0.29) is 0 Å². The van der Waals surface area contributed by atoms with Crippen LogP contribution in [0.25, 0.3) is 0 Å². The van der Waals surface area contributed by atoms with Gasteiger partial charge in [-0.25, -0.2) is 0 Å². The summed E-state index contributed by atoms with van der Waals surface area (Å²) in [6.45, 7) is 9.14. The molecule has 0 aromatic carbocycles. The normalized spacial score (nSPS) is 40.0. The van der Waals surface area contributed by atoms with Crippen molar-refractivity contribution in [2.75, 3.05) is 33.2 Å². The molecule has 1 aliphatic carbocycles. The number of hydrogen-bond acceptors (Lipinski definition) is 3. The highest BCUT2D eigenvalue weighted by atomic mass is 15.3. The van der Waals surface area contributed by atoms with Gasteiger partial charge in [0.1, 0.15) is 0 Å². The van der Waals surface area contributed by atoms with Crippen molar-refractivity contribution in [1.29, 1.82) is 0 Å². The van der Waals surface area contributed by atoms with Gasteiger partial charge in [0.05, 0.1) is 0 Å². The molecule has 0 radical (unpaired) electrons. The fourth-order valence-corrected chi connectivity index (χ4v) is 4.08. The lowest BCUT2D eigenvalue weighted by molar-refractivity contribution is -0.0251. The number of rotatable bonds is 3. The Labute approximate surface area is 113 Å². The summed E-state index contributed by atoms with van der Waals surface area (Å²) in [6, 6.07) is 0.658. The molecule has 18 heavy (non-hydrogen) atoms. The molecule has 0 bridgehead atoms. The first-order valence-corrected chi connectivity index (χ1v) is 7.76. The summed E-state index contributed by atoms with van der Waals surface area (Å²) >= 11 is 0. The molecule has 2 aliphatic rings. The van der Waals surface area contributed by atoms with Gasteiger partial charge in [-0.2, -0.15) is 0 Å². The van der Waals surface area contributed by atoms with Crippen molar-refractivity contribution in [3.05, 3.63) is 0 Å². The second-order valence-electron chi connectivity index (χ2n) is 6.58. The largest absolute Gasteiger partial charge is 0.329 e. The van der Waals surface area contributed by atoms with Crippen molar-refractivity contribution < 1.29 is 0 Å². The van der Waals surface area contributed by atoms with Crippen LogP contribution in [0.1, 0.15) is 46.0 Å². The van der Waals surface area contributed by atoms with Gasteiger partial charge >= 0.3 is 0 Å².